The van der Waals surface area contributed by atoms with E-state index in [-0.39, 0.29) is 5.28 Å². The number of hydrogen-bond acceptors (Lipinski definition) is 3. The van der Waals surface area contributed by atoms with Crippen molar-refractivity contribution in [3.05, 3.63) is 28.0 Å². The van der Waals surface area contributed by atoms with Crippen LogP contribution in [0.25, 0.3) is 10.9 Å². The number of benzene rings is 1. The average molecular weight is 301 g/mol. The third-order valence-corrected chi connectivity index (χ3v) is 2.88. The van der Waals surface area contributed by atoms with Crippen LogP contribution >= 0.6 is 27.5 Å². The van der Waals surface area contributed by atoms with Crippen molar-refractivity contribution in [2.24, 2.45) is 0 Å². The van der Waals surface area contributed by atoms with E-state index in [1.54, 1.807) is 0 Å². The second-order valence-corrected chi connectivity index (χ2v) is 4.97. The molecule has 0 unspecified atom stereocenters. The van der Waals surface area contributed by atoms with Gasteiger partial charge in [-0.15, -0.1) is 0 Å². The van der Waals surface area contributed by atoms with Gasteiger partial charge in [-0.05, 0) is 53.5 Å². The Morgan fingerprint density at radius 3 is 2.75 bits per heavy atom. The lowest BCUT2D eigenvalue weighted by Crippen LogP contribution is -2.11. The molecule has 2 aromatic rings. The molecule has 3 nitrogen and oxygen atoms in total. The van der Waals surface area contributed by atoms with Gasteiger partial charge in [0.2, 0.25) is 5.28 Å². The normalized spacial score (nSPS) is 11.1. The Morgan fingerprint density at radius 2 is 2.06 bits per heavy atom. The number of nitrogens with zero attached hydrogens (tertiary/aromatic N) is 2. The zero-order valence-corrected chi connectivity index (χ0v) is 11.3. The topological polar surface area (TPSA) is 37.8 Å². The fraction of sp³-hybridized carbons (Fsp3) is 0.273. The van der Waals surface area contributed by atoms with Gasteiger partial charge in [0.25, 0.3) is 0 Å². The lowest BCUT2D eigenvalue weighted by molar-refractivity contribution is 0.890. The molecule has 1 aromatic carbocycles. The highest BCUT2D eigenvalue weighted by atomic mass is 79.9. The van der Waals surface area contributed by atoms with Gasteiger partial charge in [-0.25, -0.2) is 9.97 Å². The molecule has 0 aliphatic carbocycles. The second-order valence-electron chi connectivity index (χ2n) is 3.78. The number of hydrogen-bond donors (Lipinski definition) is 1. The Kier molecular flexibility index (Phi) is 3.30. The Labute approximate surface area is 107 Å². The van der Waals surface area contributed by atoms with Gasteiger partial charge >= 0.3 is 0 Å². The van der Waals surface area contributed by atoms with E-state index in [0.717, 1.165) is 21.2 Å². The van der Waals surface area contributed by atoms with Gasteiger partial charge in [-0.1, -0.05) is 6.07 Å². The molecular weight excluding hydrogens is 289 g/mol. The molecule has 1 heterocycles. The third-order valence-electron chi connectivity index (χ3n) is 2.08. The van der Waals surface area contributed by atoms with Crippen LogP contribution in [-0.2, 0) is 0 Å². The highest BCUT2D eigenvalue weighted by Gasteiger charge is 2.09. The molecule has 0 saturated heterocycles. The third kappa shape index (κ3) is 2.28. The molecule has 0 aliphatic rings. The summed E-state index contributed by atoms with van der Waals surface area (Å²) in [5.41, 5.74) is 0.825. The first-order chi connectivity index (χ1) is 7.58. The molecule has 0 spiro atoms. The van der Waals surface area contributed by atoms with E-state index in [9.17, 15) is 0 Å². The number of fused-ring (bicyclic) bond motifs is 1. The number of nitrogens with one attached hydrogen (secondary N) is 1. The summed E-state index contributed by atoms with van der Waals surface area (Å²) in [7, 11) is 0. The van der Waals surface area contributed by atoms with Crippen molar-refractivity contribution < 1.29 is 0 Å². The minimum absolute atomic E-state index is 0.252. The van der Waals surface area contributed by atoms with Gasteiger partial charge < -0.3 is 5.32 Å². The quantitative estimate of drug-likeness (QED) is 0.856. The average Bonchev–Trinajstić information content (AvgIpc) is 2.18. The number of aromatic nitrogens is 2. The molecule has 0 aliphatic heterocycles. The molecule has 0 radical (unpaired) electrons. The van der Waals surface area contributed by atoms with Crippen LogP contribution in [0.4, 0.5) is 5.82 Å². The predicted molar refractivity (Wildman–Crippen MR) is 71.0 cm³/mol. The van der Waals surface area contributed by atoms with Crippen molar-refractivity contribution >= 4 is 44.3 Å². The molecular formula is C11H11BrClN3. The smallest absolute Gasteiger partial charge is 0.224 e. The number of halogens is 2. The standard InChI is InChI=1S/C11H11BrClN3/c1-6(2)14-10-7-4-3-5-8(12)9(7)15-11(13)16-10/h3-6H,1-2H3,(H,14,15,16). The lowest BCUT2D eigenvalue weighted by Gasteiger charge is -2.12. The molecule has 5 heteroatoms. The second kappa shape index (κ2) is 4.55. The summed E-state index contributed by atoms with van der Waals surface area (Å²) in [4.78, 5) is 8.42. The zero-order chi connectivity index (χ0) is 11.7. The summed E-state index contributed by atoms with van der Waals surface area (Å²) < 4.78 is 0.918. The first-order valence-electron chi connectivity index (χ1n) is 4.96. The molecule has 0 saturated carbocycles. The maximum atomic E-state index is 5.90. The first-order valence-corrected chi connectivity index (χ1v) is 6.13. The van der Waals surface area contributed by atoms with E-state index in [1.165, 1.54) is 0 Å². The molecule has 2 rings (SSSR count). The largest absolute Gasteiger partial charge is 0.367 e. The van der Waals surface area contributed by atoms with Crippen molar-refractivity contribution in [2.75, 3.05) is 5.32 Å². The lowest BCUT2D eigenvalue weighted by atomic mass is 10.2. The van der Waals surface area contributed by atoms with E-state index in [0.29, 0.717) is 6.04 Å². The van der Waals surface area contributed by atoms with Crippen molar-refractivity contribution in [3.63, 3.8) is 0 Å². The Hall–Kier alpha value is -0.870. The summed E-state index contributed by atoms with van der Waals surface area (Å²) in [5, 5.41) is 4.48. The van der Waals surface area contributed by atoms with Crippen LogP contribution < -0.4 is 5.32 Å². The van der Waals surface area contributed by atoms with Crippen LogP contribution in [0.1, 0.15) is 13.8 Å². The molecule has 0 fully saturated rings. The van der Waals surface area contributed by atoms with Crippen LogP contribution in [0.15, 0.2) is 22.7 Å². The van der Waals surface area contributed by atoms with Crippen molar-refractivity contribution in [1.29, 1.82) is 0 Å². The van der Waals surface area contributed by atoms with E-state index in [1.807, 2.05) is 18.2 Å². The first kappa shape index (κ1) is 11.6. The van der Waals surface area contributed by atoms with Crippen LogP contribution in [-0.4, -0.2) is 16.0 Å². The monoisotopic (exact) mass is 299 g/mol. The zero-order valence-electron chi connectivity index (χ0n) is 8.96. The Morgan fingerprint density at radius 1 is 1.31 bits per heavy atom. The van der Waals surface area contributed by atoms with E-state index in [4.69, 9.17) is 11.6 Å². The van der Waals surface area contributed by atoms with Crippen LogP contribution in [0.3, 0.4) is 0 Å². The summed E-state index contributed by atoms with van der Waals surface area (Å²) in [5.74, 6) is 0.770. The van der Waals surface area contributed by atoms with Crippen molar-refractivity contribution in [2.45, 2.75) is 19.9 Å². The summed E-state index contributed by atoms with van der Waals surface area (Å²) in [6.45, 7) is 4.11. The van der Waals surface area contributed by atoms with E-state index < -0.39 is 0 Å². The minimum Gasteiger partial charge on any atom is -0.367 e. The number of anilines is 1. The number of rotatable bonds is 2. The molecule has 84 valence electrons. The fourth-order valence-electron chi connectivity index (χ4n) is 1.47. The van der Waals surface area contributed by atoms with Gasteiger partial charge in [0.15, 0.2) is 0 Å². The number of para-hydroxylation sites is 1. The Balaban J connectivity index is 2.68. The van der Waals surface area contributed by atoms with Crippen molar-refractivity contribution in [3.8, 4) is 0 Å². The van der Waals surface area contributed by atoms with Crippen LogP contribution in [0, 0.1) is 0 Å². The molecule has 1 N–H and O–H groups in total. The van der Waals surface area contributed by atoms with Crippen molar-refractivity contribution in [1.82, 2.24) is 9.97 Å². The molecule has 0 bridgehead atoms. The van der Waals surface area contributed by atoms with Gasteiger partial charge in [-0.2, -0.15) is 0 Å². The summed E-state index contributed by atoms with van der Waals surface area (Å²) >= 11 is 9.35. The predicted octanol–water partition coefficient (Wildman–Crippen LogP) is 3.87. The Bertz CT molecular complexity index is 528. The van der Waals surface area contributed by atoms with E-state index in [2.05, 4.69) is 45.1 Å². The SMILES string of the molecule is CC(C)Nc1nc(Cl)nc2c(Br)cccc12. The molecule has 0 amide bonds. The highest BCUT2D eigenvalue weighted by Crippen LogP contribution is 2.28. The maximum Gasteiger partial charge on any atom is 0.224 e. The van der Waals surface area contributed by atoms with Crippen LogP contribution in [0.5, 0.6) is 0 Å². The summed E-state index contributed by atoms with van der Waals surface area (Å²) in [6, 6.07) is 6.16. The highest BCUT2D eigenvalue weighted by molar-refractivity contribution is 9.10. The van der Waals surface area contributed by atoms with Gasteiger partial charge in [-0.3, -0.25) is 0 Å². The summed E-state index contributed by atoms with van der Waals surface area (Å²) in [6.07, 6.45) is 0. The van der Waals surface area contributed by atoms with Gasteiger partial charge in [0, 0.05) is 15.9 Å². The molecule has 1 aromatic heterocycles. The van der Waals surface area contributed by atoms with Gasteiger partial charge in [0.05, 0.1) is 5.52 Å². The maximum absolute atomic E-state index is 5.90. The molecule has 0 atom stereocenters. The minimum atomic E-state index is 0.252. The fourth-order valence-corrected chi connectivity index (χ4v) is 2.10. The van der Waals surface area contributed by atoms with E-state index >= 15 is 0 Å². The van der Waals surface area contributed by atoms with Crippen LogP contribution in [0.2, 0.25) is 5.28 Å². The van der Waals surface area contributed by atoms with Gasteiger partial charge in [0.1, 0.15) is 5.82 Å². The molecule has 16 heavy (non-hydrogen) atoms.